The van der Waals surface area contributed by atoms with Crippen LogP contribution in [-0.2, 0) is 21.4 Å². The molecule has 0 atom stereocenters. The van der Waals surface area contributed by atoms with Crippen molar-refractivity contribution in [1.29, 1.82) is 0 Å². The molecule has 1 aliphatic heterocycles. The summed E-state index contributed by atoms with van der Waals surface area (Å²) in [6.07, 6.45) is 5.04. The summed E-state index contributed by atoms with van der Waals surface area (Å²) in [5.74, 6) is 0.0382. The molecule has 1 fully saturated rings. The van der Waals surface area contributed by atoms with Crippen molar-refractivity contribution in [3.05, 3.63) is 72.4 Å². The first-order valence-corrected chi connectivity index (χ1v) is 10.1. The third-order valence-electron chi connectivity index (χ3n) is 4.32. The van der Waals surface area contributed by atoms with E-state index in [1.807, 2.05) is 48.5 Å². The van der Waals surface area contributed by atoms with Gasteiger partial charge in [0.2, 0.25) is 10.0 Å². The molecule has 1 aromatic heterocycles. The van der Waals surface area contributed by atoms with Crippen molar-refractivity contribution in [3.8, 4) is 0 Å². The van der Waals surface area contributed by atoms with Crippen molar-refractivity contribution >= 4 is 10.0 Å². The van der Waals surface area contributed by atoms with Gasteiger partial charge in [-0.25, -0.2) is 12.7 Å². The average Bonchev–Trinajstić information content (AvgIpc) is 2.67. The van der Waals surface area contributed by atoms with Gasteiger partial charge < -0.3 is 4.74 Å². The first kappa shape index (κ1) is 18.0. The fourth-order valence-electron chi connectivity index (χ4n) is 2.86. The number of ether oxygens (including phenoxy) is 1. The number of sulfonamides is 1. The highest BCUT2D eigenvalue weighted by atomic mass is 32.2. The van der Waals surface area contributed by atoms with Crippen molar-refractivity contribution in [2.24, 2.45) is 0 Å². The highest BCUT2D eigenvalue weighted by Crippen LogP contribution is 2.19. The molecule has 2 aromatic rings. The van der Waals surface area contributed by atoms with Crippen LogP contribution in [0.1, 0.15) is 24.1 Å². The van der Waals surface area contributed by atoms with Gasteiger partial charge in [0.05, 0.1) is 24.2 Å². The number of benzene rings is 1. The Hall–Kier alpha value is -1.76. The van der Waals surface area contributed by atoms with Crippen LogP contribution in [0.4, 0.5) is 0 Å². The first-order chi connectivity index (χ1) is 12.1. The summed E-state index contributed by atoms with van der Waals surface area (Å²) >= 11 is 0. The van der Waals surface area contributed by atoms with Gasteiger partial charge >= 0.3 is 0 Å². The van der Waals surface area contributed by atoms with Crippen LogP contribution < -0.4 is 0 Å². The second-order valence-electron chi connectivity index (χ2n) is 6.12. The maximum atomic E-state index is 12.5. The number of aromatic nitrogens is 1. The summed E-state index contributed by atoms with van der Waals surface area (Å²) in [6.45, 7) is 1.50. The summed E-state index contributed by atoms with van der Waals surface area (Å²) in [6, 6.07) is 15.3. The van der Waals surface area contributed by atoms with Crippen molar-refractivity contribution < 1.29 is 13.2 Å². The fourth-order valence-corrected chi connectivity index (χ4v) is 4.24. The minimum atomic E-state index is -3.26. The summed E-state index contributed by atoms with van der Waals surface area (Å²) in [7, 11) is -3.26. The molecule has 0 unspecified atom stereocenters. The quantitative estimate of drug-likeness (QED) is 0.763. The third kappa shape index (κ3) is 5.36. The largest absolute Gasteiger partial charge is 0.372 e. The van der Waals surface area contributed by atoms with Crippen molar-refractivity contribution in [3.63, 3.8) is 0 Å². The van der Waals surface area contributed by atoms with Gasteiger partial charge in [-0.05, 0) is 30.5 Å². The normalized spacial score (nSPS) is 16.8. The van der Waals surface area contributed by atoms with Crippen LogP contribution in [0, 0.1) is 6.42 Å². The zero-order valence-corrected chi connectivity index (χ0v) is 14.9. The van der Waals surface area contributed by atoms with Crippen LogP contribution in [-0.4, -0.2) is 42.7 Å². The third-order valence-corrected chi connectivity index (χ3v) is 6.06. The molecule has 0 amide bonds. The van der Waals surface area contributed by atoms with Gasteiger partial charge in [0.15, 0.2) is 0 Å². The number of hydrogen-bond donors (Lipinski definition) is 0. The molecule has 0 spiro atoms. The molecule has 25 heavy (non-hydrogen) atoms. The van der Waals surface area contributed by atoms with Gasteiger partial charge in [-0.1, -0.05) is 36.4 Å². The summed E-state index contributed by atoms with van der Waals surface area (Å²) < 4.78 is 32.4. The van der Waals surface area contributed by atoms with Crippen LogP contribution in [0.25, 0.3) is 0 Å². The van der Waals surface area contributed by atoms with Gasteiger partial charge in [-0.2, -0.15) is 0 Å². The molecule has 0 saturated carbocycles. The molecule has 5 nitrogen and oxygen atoms in total. The molecular formula is C19H23N2O3S. The summed E-state index contributed by atoms with van der Waals surface area (Å²) in [5.41, 5.74) is 1.83. The van der Waals surface area contributed by atoms with Crippen LogP contribution in [0.15, 0.2) is 54.7 Å². The lowest BCUT2D eigenvalue weighted by Crippen LogP contribution is -2.42. The molecule has 0 aliphatic carbocycles. The van der Waals surface area contributed by atoms with E-state index in [1.54, 1.807) is 16.9 Å². The molecule has 133 valence electrons. The van der Waals surface area contributed by atoms with Crippen molar-refractivity contribution in [2.75, 3.05) is 18.8 Å². The summed E-state index contributed by atoms with van der Waals surface area (Å²) in [5, 5.41) is 0. The predicted molar refractivity (Wildman–Crippen MR) is 97.3 cm³/mol. The van der Waals surface area contributed by atoms with E-state index in [2.05, 4.69) is 4.98 Å². The van der Waals surface area contributed by atoms with Crippen LogP contribution in [0.5, 0.6) is 0 Å². The zero-order chi connectivity index (χ0) is 17.5. The SMILES string of the molecule is O=S(=O)(C[CH]c1ccccc1)N1CCC(OCc2ccccn2)CC1. The van der Waals surface area contributed by atoms with E-state index in [9.17, 15) is 8.42 Å². The highest BCUT2D eigenvalue weighted by Gasteiger charge is 2.28. The number of rotatable bonds is 7. The van der Waals surface area contributed by atoms with Crippen LogP contribution >= 0.6 is 0 Å². The Morgan fingerprint density at radius 2 is 1.80 bits per heavy atom. The van der Waals surface area contributed by atoms with Crippen molar-refractivity contribution in [2.45, 2.75) is 25.6 Å². The number of hydrogen-bond acceptors (Lipinski definition) is 4. The predicted octanol–water partition coefficient (Wildman–Crippen LogP) is 2.64. The first-order valence-electron chi connectivity index (χ1n) is 8.51. The molecular weight excluding hydrogens is 336 g/mol. The maximum absolute atomic E-state index is 12.5. The lowest BCUT2D eigenvalue weighted by atomic mass is 10.1. The Bertz CT molecular complexity index is 743. The van der Waals surface area contributed by atoms with Gasteiger partial charge in [0.25, 0.3) is 0 Å². The van der Waals surface area contributed by atoms with E-state index in [1.165, 1.54) is 0 Å². The van der Waals surface area contributed by atoms with Gasteiger partial charge in [0.1, 0.15) is 0 Å². The van der Waals surface area contributed by atoms with E-state index in [4.69, 9.17) is 4.74 Å². The molecule has 6 heteroatoms. The highest BCUT2D eigenvalue weighted by molar-refractivity contribution is 7.89. The van der Waals surface area contributed by atoms with E-state index < -0.39 is 10.0 Å². The Kier molecular flexibility index (Phi) is 6.18. The number of pyridine rings is 1. The van der Waals surface area contributed by atoms with Crippen LogP contribution in [0.3, 0.4) is 0 Å². The fraction of sp³-hybridized carbons (Fsp3) is 0.368. The molecule has 1 aliphatic rings. The average molecular weight is 359 g/mol. The lowest BCUT2D eigenvalue weighted by molar-refractivity contribution is 0.00873. The molecule has 1 aromatic carbocycles. The lowest BCUT2D eigenvalue weighted by Gasteiger charge is -2.31. The molecule has 1 saturated heterocycles. The van der Waals surface area contributed by atoms with Gasteiger partial charge in [0, 0.05) is 25.7 Å². The second-order valence-corrected chi connectivity index (χ2v) is 8.14. The van der Waals surface area contributed by atoms with E-state index in [-0.39, 0.29) is 11.9 Å². The molecule has 0 bridgehead atoms. The molecule has 1 radical (unpaired) electrons. The monoisotopic (exact) mass is 359 g/mol. The maximum Gasteiger partial charge on any atom is 0.214 e. The second kappa shape index (κ2) is 8.56. The smallest absolute Gasteiger partial charge is 0.214 e. The number of piperidine rings is 1. The van der Waals surface area contributed by atoms with E-state index >= 15 is 0 Å². The Balaban J connectivity index is 1.44. The molecule has 3 rings (SSSR count). The van der Waals surface area contributed by atoms with E-state index in [0.717, 1.165) is 24.1 Å². The summed E-state index contributed by atoms with van der Waals surface area (Å²) in [4.78, 5) is 4.24. The Morgan fingerprint density at radius 1 is 1.08 bits per heavy atom. The number of nitrogens with zero attached hydrogens (tertiary/aromatic N) is 2. The molecule has 0 N–H and O–H groups in total. The topological polar surface area (TPSA) is 59.5 Å². The Labute approximate surface area is 149 Å². The van der Waals surface area contributed by atoms with Crippen molar-refractivity contribution in [1.82, 2.24) is 9.29 Å². The Morgan fingerprint density at radius 3 is 2.48 bits per heavy atom. The van der Waals surface area contributed by atoms with Gasteiger partial charge in [-0.3, -0.25) is 4.98 Å². The van der Waals surface area contributed by atoms with Gasteiger partial charge in [-0.15, -0.1) is 0 Å². The standard InChI is InChI=1S/C19H23N2O3S/c22-25(23,15-11-17-6-2-1-3-7-17)21-13-9-19(10-14-21)24-16-18-8-4-5-12-20-18/h1-8,11-12,19H,9-10,13-16H2. The van der Waals surface area contributed by atoms with Crippen LogP contribution in [0.2, 0.25) is 0 Å². The molecule has 2 heterocycles. The minimum Gasteiger partial charge on any atom is -0.372 e. The van der Waals surface area contributed by atoms with E-state index in [0.29, 0.717) is 19.7 Å². The zero-order valence-electron chi connectivity index (χ0n) is 14.1. The minimum absolute atomic E-state index is 0.0382.